The first-order chi connectivity index (χ1) is 12.8. The van der Waals surface area contributed by atoms with Gasteiger partial charge in [-0.3, -0.25) is 14.7 Å². The number of hydrogen-bond donors (Lipinski definition) is 0. The summed E-state index contributed by atoms with van der Waals surface area (Å²) in [5.41, 5.74) is 1.80. The first-order valence-corrected chi connectivity index (χ1v) is 10.6. The molecule has 0 N–H and O–H groups in total. The number of benzene rings is 1. The molecule has 3 fully saturated rings. The van der Waals surface area contributed by atoms with Crippen LogP contribution in [0.2, 0.25) is 0 Å². The van der Waals surface area contributed by atoms with E-state index in [9.17, 15) is 0 Å². The SMILES string of the molecule is CCCCCCN1CC2(CN(Cc3ccccc3)CC3COCCN32)C1. The lowest BCUT2D eigenvalue weighted by Gasteiger charge is -2.63. The number of nitrogens with zero attached hydrogens (tertiary/aromatic N) is 3. The Bertz CT molecular complexity index is 558. The Morgan fingerprint density at radius 2 is 1.85 bits per heavy atom. The molecule has 0 bridgehead atoms. The molecule has 1 atom stereocenters. The second-order valence-electron chi connectivity index (χ2n) is 8.57. The lowest BCUT2D eigenvalue weighted by atomic mass is 9.82. The van der Waals surface area contributed by atoms with E-state index in [-0.39, 0.29) is 0 Å². The van der Waals surface area contributed by atoms with Gasteiger partial charge in [0, 0.05) is 45.3 Å². The maximum absolute atomic E-state index is 5.84. The molecular formula is C22H35N3O. The number of hydrogen-bond acceptors (Lipinski definition) is 4. The minimum atomic E-state index is 0.367. The molecule has 1 spiro atoms. The van der Waals surface area contributed by atoms with Crippen LogP contribution in [0.4, 0.5) is 0 Å². The first-order valence-electron chi connectivity index (χ1n) is 10.6. The van der Waals surface area contributed by atoms with Crippen LogP contribution in [0, 0.1) is 0 Å². The molecule has 0 amide bonds. The zero-order valence-electron chi connectivity index (χ0n) is 16.4. The van der Waals surface area contributed by atoms with Gasteiger partial charge in [0.25, 0.3) is 0 Å². The summed E-state index contributed by atoms with van der Waals surface area (Å²) in [6, 6.07) is 11.5. The normalized spacial score (nSPS) is 26.6. The fourth-order valence-corrected chi connectivity index (χ4v) is 5.25. The van der Waals surface area contributed by atoms with Crippen molar-refractivity contribution < 1.29 is 4.74 Å². The lowest BCUT2D eigenvalue weighted by molar-refractivity contribution is -0.166. The first kappa shape index (κ1) is 18.4. The molecule has 144 valence electrons. The molecule has 0 radical (unpaired) electrons. The average molecular weight is 358 g/mol. The minimum absolute atomic E-state index is 0.367. The van der Waals surface area contributed by atoms with E-state index in [1.807, 2.05) is 0 Å². The Hall–Kier alpha value is -0.940. The van der Waals surface area contributed by atoms with Gasteiger partial charge < -0.3 is 4.74 Å². The van der Waals surface area contributed by atoms with Crippen LogP contribution < -0.4 is 0 Å². The number of unbranched alkanes of at least 4 members (excludes halogenated alkanes) is 3. The summed E-state index contributed by atoms with van der Waals surface area (Å²) < 4.78 is 5.84. The van der Waals surface area contributed by atoms with Crippen molar-refractivity contribution in [3.8, 4) is 0 Å². The highest BCUT2D eigenvalue weighted by molar-refractivity contribution is 5.17. The second-order valence-corrected chi connectivity index (χ2v) is 8.57. The Morgan fingerprint density at radius 3 is 2.65 bits per heavy atom. The van der Waals surface area contributed by atoms with Crippen LogP contribution >= 0.6 is 0 Å². The van der Waals surface area contributed by atoms with E-state index in [2.05, 4.69) is 52.0 Å². The average Bonchev–Trinajstić information content (AvgIpc) is 2.64. The predicted molar refractivity (Wildman–Crippen MR) is 106 cm³/mol. The fraction of sp³-hybridized carbons (Fsp3) is 0.727. The number of fused-ring (bicyclic) bond motifs is 2. The number of ether oxygens (including phenoxy) is 1. The Balaban J connectivity index is 1.38. The Morgan fingerprint density at radius 1 is 1.04 bits per heavy atom. The summed E-state index contributed by atoms with van der Waals surface area (Å²) in [4.78, 5) is 8.17. The quantitative estimate of drug-likeness (QED) is 0.699. The van der Waals surface area contributed by atoms with Gasteiger partial charge in [0.2, 0.25) is 0 Å². The third-order valence-corrected chi connectivity index (χ3v) is 6.44. The smallest absolute Gasteiger partial charge is 0.0635 e. The zero-order chi connectivity index (χ0) is 17.8. The van der Waals surface area contributed by atoms with Gasteiger partial charge in [-0.2, -0.15) is 0 Å². The molecule has 4 heteroatoms. The molecule has 3 aliphatic rings. The predicted octanol–water partition coefficient (Wildman–Crippen LogP) is 2.84. The van der Waals surface area contributed by atoms with Crippen LogP contribution in [0.25, 0.3) is 0 Å². The van der Waals surface area contributed by atoms with Crippen LogP contribution in [0.5, 0.6) is 0 Å². The fourth-order valence-electron chi connectivity index (χ4n) is 5.25. The van der Waals surface area contributed by atoms with E-state index in [0.717, 1.165) is 32.8 Å². The van der Waals surface area contributed by atoms with Gasteiger partial charge in [-0.15, -0.1) is 0 Å². The second kappa shape index (κ2) is 8.39. The van der Waals surface area contributed by atoms with Gasteiger partial charge in [-0.25, -0.2) is 0 Å². The molecule has 4 rings (SSSR count). The van der Waals surface area contributed by atoms with Crippen molar-refractivity contribution in [3.05, 3.63) is 35.9 Å². The monoisotopic (exact) mass is 357 g/mol. The maximum atomic E-state index is 5.84. The molecule has 0 aromatic heterocycles. The van der Waals surface area contributed by atoms with Gasteiger partial charge in [0.15, 0.2) is 0 Å². The molecule has 4 nitrogen and oxygen atoms in total. The molecule has 26 heavy (non-hydrogen) atoms. The number of rotatable bonds is 7. The maximum Gasteiger partial charge on any atom is 0.0635 e. The van der Waals surface area contributed by atoms with Crippen LogP contribution in [0.15, 0.2) is 30.3 Å². The van der Waals surface area contributed by atoms with E-state index in [1.165, 1.54) is 57.4 Å². The molecular weight excluding hydrogens is 322 g/mol. The molecule has 0 aliphatic carbocycles. The van der Waals surface area contributed by atoms with Crippen molar-refractivity contribution in [3.63, 3.8) is 0 Å². The van der Waals surface area contributed by atoms with E-state index < -0.39 is 0 Å². The molecule has 3 aliphatic heterocycles. The molecule has 0 saturated carbocycles. The van der Waals surface area contributed by atoms with Gasteiger partial charge in [-0.1, -0.05) is 56.5 Å². The summed E-state index contributed by atoms with van der Waals surface area (Å²) in [6.07, 6.45) is 5.47. The standard InChI is InChI=1S/C22H35N3O/c1-2-3-4-8-11-23-17-22(18-23)19-24(14-20-9-6-5-7-10-20)15-21-16-26-13-12-25(21)22/h5-7,9-10,21H,2-4,8,11-19H2,1H3. The minimum Gasteiger partial charge on any atom is -0.378 e. The zero-order valence-corrected chi connectivity index (χ0v) is 16.4. The third kappa shape index (κ3) is 3.99. The van der Waals surface area contributed by atoms with Gasteiger partial charge in [0.05, 0.1) is 18.8 Å². The van der Waals surface area contributed by atoms with Crippen LogP contribution in [-0.4, -0.2) is 78.8 Å². The van der Waals surface area contributed by atoms with Gasteiger partial charge in [-0.05, 0) is 18.5 Å². The van der Waals surface area contributed by atoms with Crippen molar-refractivity contribution >= 4 is 0 Å². The van der Waals surface area contributed by atoms with E-state index in [0.29, 0.717) is 11.6 Å². The van der Waals surface area contributed by atoms with Crippen molar-refractivity contribution in [1.29, 1.82) is 0 Å². The highest BCUT2D eigenvalue weighted by atomic mass is 16.5. The van der Waals surface area contributed by atoms with Crippen molar-refractivity contribution in [2.75, 3.05) is 52.5 Å². The van der Waals surface area contributed by atoms with Crippen molar-refractivity contribution in [2.24, 2.45) is 0 Å². The molecule has 1 aromatic carbocycles. The number of morpholine rings is 1. The van der Waals surface area contributed by atoms with E-state index in [4.69, 9.17) is 4.74 Å². The lowest BCUT2D eigenvalue weighted by Crippen LogP contribution is -2.80. The third-order valence-electron chi connectivity index (χ3n) is 6.44. The number of piperazine rings is 1. The molecule has 1 aromatic rings. The van der Waals surface area contributed by atoms with Crippen LogP contribution in [0.3, 0.4) is 0 Å². The van der Waals surface area contributed by atoms with Gasteiger partial charge >= 0.3 is 0 Å². The number of likely N-dealkylation sites (tertiary alicyclic amines) is 1. The summed E-state index contributed by atoms with van der Waals surface area (Å²) in [5.74, 6) is 0. The summed E-state index contributed by atoms with van der Waals surface area (Å²) in [7, 11) is 0. The van der Waals surface area contributed by atoms with E-state index >= 15 is 0 Å². The van der Waals surface area contributed by atoms with Crippen LogP contribution in [0.1, 0.15) is 38.2 Å². The summed E-state index contributed by atoms with van der Waals surface area (Å²) in [6.45, 7) is 12.4. The highest BCUT2D eigenvalue weighted by Crippen LogP contribution is 2.36. The van der Waals surface area contributed by atoms with Crippen molar-refractivity contribution in [2.45, 2.75) is 50.7 Å². The Labute approximate surface area is 159 Å². The van der Waals surface area contributed by atoms with Crippen molar-refractivity contribution in [1.82, 2.24) is 14.7 Å². The molecule has 3 saturated heterocycles. The highest BCUT2D eigenvalue weighted by Gasteiger charge is 2.53. The largest absolute Gasteiger partial charge is 0.378 e. The topological polar surface area (TPSA) is 19.0 Å². The molecule has 3 heterocycles. The summed E-state index contributed by atoms with van der Waals surface area (Å²) in [5, 5.41) is 0. The summed E-state index contributed by atoms with van der Waals surface area (Å²) >= 11 is 0. The van der Waals surface area contributed by atoms with E-state index in [1.54, 1.807) is 0 Å². The van der Waals surface area contributed by atoms with Crippen LogP contribution in [-0.2, 0) is 11.3 Å². The van der Waals surface area contributed by atoms with Gasteiger partial charge in [0.1, 0.15) is 0 Å². The molecule has 1 unspecified atom stereocenters. The Kier molecular flexibility index (Phi) is 5.94.